The number of pyridine rings is 1. The van der Waals surface area contributed by atoms with E-state index in [1.54, 1.807) is 12.1 Å². The Bertz CT molecular complexity index is 1420. The Kier molecular flexibility index (Phi) is 6.52. The summed E-state index contributed by atoms with van der Waals surface area (Å²) in [7, 11) is 0. The molecular formula is C28H25F2N3O3. The highest BCUT2D eigenvalue weighted by Crippen LogP contribution is 2.41. The van der Waals surface area contributed by atoms with Crippen molar-refractivity contribution in [2.45, 2.75) is 38.5 Å². The fraction of sp³-hybridized carbons (Fsp3) is 0.214. The van der Waals surface area contributed by atoms with Gasteiger partial charge in [-0.3, -0.25) is 4.79 Å². The lowest BCUT2D eigenvalue weighted by molar-refractivity contribution is -0.286. The van der Waals surface area contributed by atoms with Gasteiger partial charge < -0.3 is 20.5 Å². The molecule has 184 valence electrons. The number of rotatable bonds is 8. The van der Waals surface area contributed by atoms with Crippen LogP contribution in [-0.4, -0.2) is 17.2 Å². The standard InChI is InChI=1S/C28H25F2N3O3/c29-28(30)35-23-13-12-18(15-24(23)36-28)6-1-4-11-26(34)32-25-16-20-8-2-3-10-22(20)27(33-25)21-9-5-7-19(14-21)17-31/h2-3,5,7-10,12-16H,1,4,6,11,17,31H2,(H,32,33,34). The number of benzene rings is 3. The fourth-order valence-corrected chi connectivity index (χ4v) is 4.30. The number of nitrogens with zero attached hydrogens (tertiary/aromatic N) is 1. The minimum absolute atomic E-state index is 0.0279. The summed E-state index contributed by atoms with van der Waals surface area (Å²) in [6.45, 7) is 0.431. The first-order valence-corrected chi connectivity index (χ1v) is 11.8. The second-order valence-corrected chi connectivity index (χ2v) is 8.69. The van der Waals surface area contributed by atoms with Gasteiger partial charge in [-0.1, -0.05) is 48.5 Å². The molecule has 0 bridgehead atoms. The van der Waals surface area contributed by atoms with Crippen molar-refractivity contribution in [2.75, 3.05) is 5.32 Å². The number of halogens is 2. The lowest BCUT2D eigenvalue weighted by atomic mass is 10.0. The van der Waals surface area contributed by atoms with Crippen molar-refractivity contribution < 1.29 is 23.0 Å². The predicted molar refractivity (Wildman–Crippen MR) is 134 cm³/mol. The van der Waals surface area contributed by atoms with Crippen molar-refractivity contribution in [3.63, 3.8) is 0 Å². The number of fused-ring (bicyclic) bond motifs is 2. The third-order valence-electron chi connectivity index (χ3n) is 6.03. The minimum Gasteiger partial charge on any atom is -0.395 e. The fourth-order valence-electron chi connectivity index (χ4n) is 4.30. The molecule has 3 aromatic carbocycles. The highest BCUT2D eigenvalue weighted by molar-refractivity contribution is 5.99. The number of aromatic nitrogens is 1. The van der Waals surface area contributed by atoms with Crippen molar-refractivity contribution in [1.82, 2.24) is 4.98 Å². The molecule has 8 heteroatoms. The second kappa shape index (κ2) is 9.91. The van der Waals surface area contributed by atoms with Gasteiger partial charge in [-0.2, -0.15) is 0 Å². The van der Waals surface area contributed by atoms with Crippen LogP contribution in [0.2, 0.25) is 0 Å². The SMILES string of the molecule is NCc1cccc(-c2nc(NC(=O)CCCCc3ccc4c(c3)OC(F)(F)O4)cc3ccccc23)c1. The molecule has 36 heavy (non-hydrogen) atoms. The average Bonchev–Trinajstić information content (AvgIpc) is 3.19. The van der Waals surface area contributed by atoms with Crippen LogP contribution in [0.3, 0.4) is 0 Å². The van der Waals surface area contributed by atoms with Gasteiger partial charge in [0.2, 0.25) is 5.91 Å². The molecule has 0 fully saturated rings. The molecule has 1 aromatic heterocycles. The van der Waals surface area contributed by atoms with Gasteiger partial charge in [-0.05, 0) is 60.0 Å². The maximum Gasteiger partial charge on any atom is 0.586 e. The predicted octanol–water partition coefficient (Wildman–Crippen LogP) is 6.03. The molecule has 0 unspecified atom stereocenters. The van der Waals surface area contributed by atoms with Gasteiger partial charge in [0.1, 0.15) is 5.82 Å². The van der Waals surface area contributed by atoms with E-state index in [2.05, 4.69) is 14.8 Å². The number of hydrogen-bond acceptors (Lipinski definition) is 5. The smallest absolute Gasteiger partial charge is 0.395 e. The number of hydrogen-bond donors (Lipinski definition) is 2. The number of unbranched alkanes of at least 4 members (excludes halogenated alkanes) is 1. The van der Waals surface area contributed by atoms with Crippen LogP contribution in [0.1, 0.15) is 30.4 Å². The number of alkyl halides is 2. The molecule has 0 radical (unpaired) electrons. The van der Waals surface area contributed by atoms with Crippen LogP contribution in [0.4, 0.5) is 14.6 Å². The summed E-state index contributed by atoms with van der Waals surface area (Å²) in [5, 5.41) is 4.89. The number of amides is 1. The Morgan fingerprint density at radius 1 is 0.917 bits per heavy atom. The van der Waals surface area contributed by atoms with E-state index >= 15 is 0 Å². The summed E-state index contributed by atoms with van der Waals surface area (Å²) in [4.78, 5) is 17.4. The number of aryl methyl sites for hydroxylation is 1. The number of nitrogens with two attached hydrogens (primary N) is 1. The van der Waals surface area contributed by atoms with Gasteiger partial charge in [0.25, 0.3) is 0 Å². The van der Waals surface area contributed by atoms with Gasteiger partial charge in [0.15, 0.2) is 11.5 Å². The maximum absolute atomic E-state index is 13.2. The Balaban J connectivity index is 1.22. The largest absolute Gasteiger partial charge is 0.586 e. The van der Waals surface area contributed by atoms with Gasteiger partial charge in [-0.15, -0.1) is 8.78 Å². The van der Waals surface area contributed by atoms with Crippen LogP contribution in [0.5, 0.6) is 11.5 Å². The zero-order valence-electron chi connectivity index (χ0n) is 19.5. The van der Waals surface area contributed by atoms with E-state index in [1.807, 2.05) is 54.6 Å². The van der Waals surface area contributed by atoms with Gasteiger partial charge >= 0.3 is 6.29 Å². The van der Waals surface area contributed by atoms with E-state index in [-0.39, 0.29) is 17.4 Å². The number of carbonyl (C=O) groups is 1. The molecule has 3 N–H and O–H groups in total. The number of carbonyl (C=O) groups excluding carboxylic acids is 1. The molecule has 0 saturated heterocycles. The first-order chi connectivity index (χ1) is 17.4. The Hall–Kier alpha value is -4.04. The normalized spacial score (nSPS) is 13.6. The Morgan fingerprint density at radius 3 is 2.61 bits per heavy atom. The van der Waals surface area contributed by atoms with Gasteiger partial charge in [0.05, 0.1) is 5.69 Å². The summed E-state index contributed by atoms with van der Waals surface area (Å²) in [6, 6.07) is 22.4. The maximum atomic E-state index is 13.2. The molecule has 1 aliphatic rings. The topological polar surface area (TPSA) is 86.5 Å². The summed E-state index contributed by atoms with van der Waals surface area (Å²) in [6.07, 6.45) is -1.33. The van der Waals surface area contributed by atoms with Crippen molar-refractivity contribution >= 4 is 22.5 Å². The lowest BCUT2D eigenvalue weighted by Crippen LogP contribution is -2.25. The van der Waals surface area contributed by atoms with Gasteiger partial charge in [0, 0.05) is 23.9 Å². The van der Waals surface area contributed by atoms with Crippen LogP contribution in [-0.2, 0) is 17.8 Å². The quantitative estimate of drug-likeness (QED) is 0.295. The summed E-state index contributed by atoms with van der Waals surface area (Å²) in [5.41, 5.74) is 9.38. The summed E-state index contributed by atoms with van der Waals surface area (Å²) < 4.78 is 35.3. The molecule has 2 heterocycles. The van der Waals surface area contributed by atoms with E-state index in [9.17, 15) is 13.6 Å². The van der Waals surface area contributed by atoms with E-state index in [4.69, 9.17) is 10.7 Å². The van der Waals surface area contributed by atoms with Crippen molar-refractivity contribution in [3.05, 3.63) is 83.9 Å². The molecule has 0 atom stereocenters. The molecule has 0 saturated carbocycles. The van der Waals surface area contributed by atoms with Gasteiger partial charge in [-0.25, -0.2) is 4.98 Å². The average molecular weight is 490 g/mol. The molecule has 6 nitrogen and oxygen atoms in total. The first kappa shape index (κ1) is 23.7. The van der Waals surface area contributed by atoms with Crippen molar-refractivity contribution in [3.8, 4) is 22.8 Å². The molecule has 1 aliphatic heterocycles. The van der Waals surface area contributed by atoms with Crippen molar-refractivity contribution in [1.29, 1.82) is 0 Å². The lowest BCUT2D eigenvalue weighted by Gasteiger charge is -2.12. The molecular weight excluding hydrogens is 464 g/mol. The molecule has 1 amide bonds. The van der Waals surface area contributed by atoms with E-state index in [0.29, 0.717) is 38.0 Å². The van der Waals surface area contributed by atoms with Crippen LogP contribution < -0.4 is 20.5 Å². The third-order valence-corrected chi connectivity index (χ3v) is 6.03. The number of nitrogens with one attached hydrogen (secondary N) is 1. The van der Waals surface area contributed by atoms with Crippen LogP contribution >= 0.6 is 0 Å². The highest BCUT2D eigenvalue weighted by Gasteiger charge is 2.43. The number of anilines is 1. The van der Waals surface area contributed by atoms with Crippen molar-refractivity contribution in [2.24, 2.45) is 5.73 Å². The van der Waals surface area contributed by atoms with E-state index in [0.717, 1.165) is 33.2 Å². The second-order valence-electron chi connectivity index (χ2n) is 8.69. The minimum atomic E-state index is -3.62. The zero-order chi connectivity index (χ0) is 25.1. The van der Waals surface area contributed by atoms with Crippen LogP contribution in [0, 0.1) is 0 Å². The first-order valence-electron chi connectivity index (χ1n) is 11.8. The summed E-state index contributed by atoms with van der Waals surface area (Å²) >= 11 is 0. The van der Waals surface area contributed by atoms with E-state index in [1.165, 1.54) is 6.07 Å². The molecule has 4 aromatic rings. The zero-order valence-corrected chi connectivity index (χ0v) is 19.5. The molecule has 0 spiro atoms. The molecule has 0 aliphatic carbocycles. The highest BCUT2D eigenvalue weighted by atomic mass is 19.3. The summed E-state index contributed by atoms with van der Waals surface area (Å²) in [5.74, 6) is 0.416. The number of ether oxygens (including phenoxy) is 2. The molecule has 5 rings (SSSR count). The third kappa shape index (κ3) is 5.28. The van der Waals surface area contributed by atoms with E-state index < -0.39 is 6.29 Å². The monoisotopic (exact) mass is 489 g/mol. The Labute approximate surface area is 207 Å². The Morgan fingerprint density at radius 2 is 1.75 bits per heavy atom. The van der Waals surface area contributed by atoms with Crippen LogP contribution in [0.15, 0.2) is 72.8 Å². The van der Waals surface area contributed by atoms with Crippen LogP contribution in [0.25, 0.3) is 22.0 Å².